The molecule has 2 heterocycles. The first-order valence-corrected chi connectivity index (χ1v) is 11.3. The number of benzene rings is 1. The van der Waals surface area contributed by atoms with Crippen molar-refractivity contribution >= 4 is 21.7 Å². The fraction of sp³-hybridized carbons (Fsp3) is 0.429. The van der Waals surface area contributed by atoms with Crippen LogP contribution in [0.5, 0.6) is 0 Å². The van der Waals surface area contributed by atoms with E-state index in [-0.39, 0.29) is 30.3 Å². The largest absolute Gasteiger partial charge is 0.334 e. The third-order valence-electron chi connectivity index (χ3n) is 5.68. The highest BCUT2D eigenvalue weighted by Crippen LogP contribution is 2.37. The highest BCUT2D eigenvalue weighted by Gasteiger charge is 2.40. The zero-order chi connectivity index (χ0) is 21.4. The third-order valence-corrected chi connectivity index (χ3v) is 7.95. The number of halogens is 2. The Bertz CT molecular complexity index is 1090. The number of hydrogen-bond donors (Lipinski definition) is 1. The van der Waals surface area contributed by atoms with Crippen LogP contribution in [0.3, 0.4) is 0 Å². The summed E-state index contributed by atoms with van der Waals surface area (Å²) in [6.07, 6.45) is 0.818. The normalized spacial score (nSPS) is 20.5. The van der Waals surface area contributed by atoms with E-state index in [1.165, 1.54) is 12.1 Å². The molecule has 1 aliphatic carbocycles. The van der Waals surface area contributed by atoms with Gasteiger partial charge in [0, 0.05) is 42.6 Å². The van der Waals surface area contributed by atoms with Crippen LogP contribution in [-0.4, -0.2) is 49.5 Å². The van der Waals surface area contributed by atoms with Gasteiger partial charge in [-0.3, -0.25) is 0 Å². The smallest absolute Gasteiger partial charge is 0.318 e. The van der Waals surface area contributed by atoms with E-state index in [1.54, 1.807) is 23.2 Å². The number of carbonyl (C=O) groups is 1. The van der Waals surface area contributed by atoms with E-state index in [0.717, 1.165) is 16.7 Å². The van der Waals surface area contributed by atoms with Crippen LogP contribution < -0.4 is 5.32 Å². The van der Waals surface area contributed by atoms with Gasteiger partial charge in [0.25, 0.3) is 0 Å². The summed E-state index contributed by atoms with van der Waals surface area (Å²) >= 11 is 0. The molecular formula is C21H21F2N3O3S. The number of nitrogens with one attached hydrogen (secondary N) is 1. The van der Waals surface area contributed by atoms with Crippen molar-refractivity contribution < 1.29 is 22.0 Å². The molecule has 0 radical (unpaired) electrons. The van der Waals surface area contributed by atoms with Gasteiger partial charge >= 0.3 is 6.03 Å². The molecular weight excluding hydrogens is 412 g/mol. The Morgan fingerprint density at radius 3 is 2.57 bits per heavy atom. The van der Waals surface area contributed by atoms with Gasteiger partial charge in [0.2, 0.25) is 5.92 Å². The maximum absolute atomic E-state index is 13.3. The standard InChI is InChI=1S/C21H21F2N3O3S/c22-21(23)8-5-19(6-9-21)30(28,29)18-3-1-15(2-4-18)11-25-20(27)26-13-16-7-10-24-12-17(16)14-26/h1-4,12,19H,5-6,8-9,11,13-14H2,(H,25,27). The second-order valence-electron chi connectivity index (χ2n) is 7.76. The molecule has 1 saturated heterocycles. The van der Waals surface area contributed by atoms with Gasteiger partial charge in [0.05, 0.1) is 23.2 Å². The number of urea groups is 1. The van der Waals surface area contributed by atoms with Gasteiger partial charge < -0.3 is 10.2 Å². The van der Waals surface area contributed by atoms with Crippen LogP contribution in [0.4, 0.5) is 13.6 Å². The zero-order valence-electron chi connectivity index (χ0n) is 16.2. The molecule has 158 valence electrons. The molecule has 0 spiro atoms. The lowest BCUT2D eigenvalue weighted by Crippen LogP contribution is -2.37. The summed E-state index contributed by atoms with van der Waals surface area (Å²) in [6, 6.07) is 5.99. The summed E-state index contributed by atoms with van der Waals surface area (Å²) in [5, 5.41) is 2.04. The van der Waals surface area contributed by atoms with Crippen LogP contribution in [0.2, 0.25) is 0 Å². The lowest BCUT2D eigenvalue weighted by molar-refractivity contribution is -0.0328. The van der Waals surface area contributed by atoms with Gasteiger partial charge in [-0.1, -0.05) is 12.1 Å². The van der Waals surface area contributed by atoms with E-state index in [2.05, 4.69) is 21.9 Å². The van der Waals surface area contributed by atoms with Crippen LogP contribution in [0.1, 0.15) is 31.2 Å². The third kappa shape index (κ3) is 4.24. The highest BCUT2D eigenvalue weighted by molar-refractivity contribution is 7.92. The second kappa shape index (κ2) is 7.84. The van der Waals surface area contributed by atoms with Crippen molar-refractivity contribution in [2.24, 2.45) is 4.99 Å². The molecule has 9 heteroatoms. The SMILES string of the molecule is O=C(NCc1ccc(S(=O)(=O)C2CCC(F)(F)CC2)cc1)N1CC2=C=C=NC=C2C1. The number of sulfone groups is 1. The summed E-state index contributed by atoms with van der Waals surface area (Å²) in [7, 11) is -3.65. The molecule has 0 bridgehead atoms. The molecule has 1 N–H and O–H groups in total. The Labute approximate surface area is 173 Å². The minimum atomic E-state index is -3.65. The number of aliphatic imine (C=N–C) groups is 1. The van der Waals surface area contributed by atoms with E-state index < -0.39 is 33.9 Å². The molecule has 2 fully saturated rings. The van der Waals surface area contributed by atoms with Crippen molar-refractivity contribution in [1.82, 2.24) is 10.2 Å². The van der Waals surface area contributed by atoms with Crippen molar-refractivity contribution in [2.45, 2.75) is 48.3 Å². The summed E-state index contributed by atoms with van der Waals surface area (Å²) in [6.45, 7) is 1.14. The first kappa shape index (κ1) is 20.5. The molecule has 0 aromatic heterocycles. The number of rotatable bonds is 4. The molecule has 4 rings (SSSR count). The van der Waals surface area contributed by atoms with Crippen LogP contribution in [0, 0.1) is 0 Å². The van der Waals surface area contributed by atoms with Crippen molar-refractivity contribution in [3.05, 3.63) is 52.9 Å². The predicted octanol–water partition coefficient (Wildman–Crippen LogP) is 3.21. The monoisotopic (exact) mass is 433 g/mol. The van der Waals surface area contributed by atoms with Crippen LogP contribution in [0.25, 0.3) is 0 Å². The van der Waals surface area contributed by atoms with Crippen LogP contribution in [-0.2, 0) is 16.4 Å². The number of nitrogens with zero attached hydrogens (tertiary/aromatic N) is 2. The van der Waals surface area contributed by atoms with Gasteiger partial charge in [0.15, 0.2) is 9.84 Å². The Kier molecular flexibility index (Phi) is 5.36. The Morgan fingerprint density at radius 2 is 1.90 bits per heavy atom. The molecule has 2 aliphatic heterocycles. The van der Waals surface area contributed by atoms with Gasteiger partial charge in [-0.2, -0.15) is 0 Å². The number of hydrogen-bond acceptors (Lipinski definition) is 4. The van der Waals surface area contributed by atoms with E-state index >= 15 is 0 Å². The number of carbonyl (C=O) groups excluding carboxylic acids is 1. The van der Waals surface area contributed by atoms with E-state index in [1.807, 2.05) is 0 Å². The van der Waals surface area contributed by atoms with E-state index in [0.29, 0.717) is 13.1 Å². The maximum atomic E-state index is 13.3. The summed E-state index contributed by atoms with van der Waals surface area (Å²) < 4.78 is 52.1. The fourth-order valence-electron chi connectivity index (χ4n) is 3.84. The molecule has 2 amide bonds. The van der Waals surface area contributed by atoms with E-state index in [4.69, 9.17) is 0 Å². The molecule has 30 heavy (non-hydrogen) atoms. The molecule has 0 unspecified atom stereocenters. The Morgan fingerprint density at radius 1 is 1.20 bits per heavy atom. The Hall–Kier alpha value is -2.73. The van der Waals surface area contributed by atoms with Crippen molar-refractivity contribution in [2.75, 3.05) is 13.1 Å². The minimum absolute atomic E-state index is 0.0317. The molecule has 3 aliphatic rings. The fourth-order valence-corrected chi connectivity index (χ4v) is 5.60. The summed E-state index contributed by atoms with van der Waals surface area (Å²) in [4.78, 5) is 18.0. The minimum Gasteiger partial charge on any atom is -0.334 e. The number of amides is 2. The average Bonchev–Trinajstić information content (AvgIpc) is 3.16. The average molecular weight is 433 g/mol. The topological polar surface area (TPSA) is 78.8 Å². The summed E-state index contributed by atoms with van der Waals surface area (Å²) in [5.74, 6) is -0.131. The van der Waals surface area contributed by atoms with Gasteiger partial charge in [-0.05, 0) is 36.3 Å². The molecule has 6 nitrogen and oxygen atoms in total. The zero-order valence-corrected chi connectivity index (χ0v) is 17.0. The number of fused-ring (bicyclic) bond motifs is 1. The molecule has 0 atom stereocenters. The van der Waals surface area contributed by atoms with Gasteiger partial charge in [-0.15, -0.1) is 0 Å². The lowest BCUT2D eigenvalue weighted by atomic mass is 9.96. The van der Waals surface area contributed by atoms with Gasteiger partial charge in [-0.25, -0.2) is 27.0 Å². The quantitative estimate of drug-likeness (QED) is 0.741. The maximum Gasteiger partial charge on any atom is 0.318 e. The first-order chi connectivity index (χ1) is 14.2. The van der Waals surface area contributed by atoms with E-state index in [9.17, 15) is 22.0 Å². The van der Waals surface area contributed by atoms with Gasteiger partial charge in [0.1, 0.15) is 0 Å². The second-order valence-corrected chi connectivity index (χ2v) is 9.99. The van der Waals surface area contributed by atoms with Crippen LogP contribution >= 0.6 is 0 Å². The van der Waals surface area contributed by atoms with Crippen LogP contribution in [0.15, 0.2) is 57.2 Å². The lowest BCUT2D eigenvalue weighted by Gasteiger charge is -2.28. The summed E-state index contributed by atoms with van der Waals surface area (Å²) in [5.41, 5.74) is 5.49. The molecule has 1 aromatic rings. The predicted molar refractivity (Wildman–Crippen MR) is 107 cm³/mol. The number of alkyl halides is 2. The Balaban J connectivity index is 1.34. The van der Waals surface area contributed by atoms with Crippen molar-refractivity contribution in [3.63, 3.8) is 0 Å². The number of likely N-dealkylation sites (tertiary alicyclic amines) is 1. The molecule has 1 aromatic carbocycles. The van der Waals surface area contributed by atoms with Crippen molar-refractivity contribution in [1.29, 1.82) is 0 Å². The first-order valence-electron chi connectivity index (χ1n) is 9.74. The highest BCUT2D eigenvalue weighted by atomic mass is 32.2. The van der Waals surface area contributed by atoms with Crippen molar-refractivity contribution in [3.8, 4) is 0 Å². The molecule has 1 saturated carbocycles.